The van der Waals surface area contributed by atoms with Gasteiger partial charge in [0.25, 0.3) is 0 Å². The van der Waals surface area contributed by atoms with Gasteiger partial charge < -0.3 is 0 Å². The molecule has 0 saturated heterocycles. The number of allylic oxidation sites excluding steroid dienone is 2. The molecule has 124 valence electrons. The van der Waals surface area contributed by atoms with Crippen molar-refractivity contribution in [2.75, 3.05) is 0 Å². The molecular weight excluding hydrogens is 292 g/mol. The number of benzene rings is 2. The first-order valence-electron chi connectivity index (χ1n) is 8.59. The highest BCUT2D eigenvalue weighted by atomic mass is 16.1. The van der Waals surface area contributed by atoms with E-state index in [4.69, 9.17) is 0 Å². The van der Waals surface area contributed by atoms with Gasteiger partial charge in [-0.1, -0.05) is 75.7 Å². The normalized spacial score (nSPS) is 17.4. The van der Waals surface area contributed by atoms with Crippen molar-refractivity contribution < 1.29 is 4.79 Å². The molecule has 0 heterocycles. The predicted molar refractivity (Wildman–Crippen MR) is 101 cm³/mol. The molecule has 0 radical (unpaired) electrons. The van der Waals surface area contributed by atoms with E-state index in [-0.39, 0.29) is 16.6 Å². The summed E-state index contributed by atoms with van der Waals surface area (Å²) >= 11 is 0. The zero-order chi connectivity index (χ0) is 17.7. The first kappa shape index (κ1) is 16.7. The van der Waals surface area contributed by atoms with Gasteiger partial charge in [0, 0.05) is 22.0 Å². The Hall–Kier alpha value is -2.15. The fraction of sp³-hybridized carbons (Fsp3) is 0.348. The van der Waals surface area contributed by atoms with Crippen LogP contribution in [0.4, 0.5) is 0 Å². The van der Waals surface area contributed by atoms with Crippen LogP contribution in [0.5, 0.6) is 0 Å². The number of carbonyl (C=O) groups excluding carboxylic acids is 1. The van der Waals surface area contributed by atoms with Gasteiger partial charge in [-0.2, -0.15) is 0 Å². The summed E-state index contributed by atoms with van der Waals surface area (Å²) in [4.78, 5) is 13.0. The molecule has 0 fully saturated rings. The van der Waals surface area contributed by atoms with Crippen molar-refractivity contribution >= 4 is 5.78 Å². The summed E-state index contributed by atoms with van der Waals surface area (Å²) in [6, 6.07) is 12.2. The number of rotatable bonds is 2. The van der Waals surface area contributed by atoms with Crippen molar-refractivity contribution in [3.63, 3.8) is 0 Å². The number of hydrogen-bond acceptors (Lipinski definition) is 1. The lowest BCUT2D eigenvalue weighted by Gasteiger charge is -2.37. The Bertz CT molecular complexity index is 833. The van der Waals surface area contributed by atoms with E-state index in [1.165, 1.54) is 16.7 Å². The maximum atomic E-state index is 13.0. The molecule has 2 aromatic carbocycles. The lowest BCUT2D eigenvalue weighted by atomic mass is 9.67. The molecule has 0 aromatic heterocycles. The maximum absolute atomic E-state index is 13.0. The molecule has 2 aromatic rings. The summed E-state index contributed by atoms with van der Waals surface area (Å²) in [6.07, 6.45) is 4.56. The first-order valence-corrected chi connectivity index (χ1v) is 8.59. The maximum Gasteiger partial charge on any atom is 0.193 e. The van der Waals surface area contributed by atoms with E-state index >= 15 is 0 Å². The molecule has 1 aliphatic rings. The lowest BCUT2D eigenvalue weighted by Crippen LogP contribution is -2.29. The molecule has 1 aliphatic carbocycles. The second-order valence-corrected chi connectivity index (χ2v) is 8.18. The topological polar surface area (TPSA) is 17.1 Å². The molecule has 3 rings (SSSR count). The van der Waals surface area contributed by atoms with E-state index in [1.807, 2.05) is 38.1 Å². The molecule has 1 heteroatoms. The van der Waals surface area contributed by atoms with Crippen molar-refractivity contribution in [3.05, 3.63) is 81.9 Å². The van der Waals surface area contributed by atoms with Crippen molar-refractivity contribution in [1.82, 2.24) is 0 Å². The summed E-state index contributed by atoms with van der Waals surface area (Å²) in [7, 11) is 0. The fourth-order valence-electron chi connectivity index (χ4n) is 3.48. The Labute approximate surface area is 145 Å². The average molecular weight is 318 g/mol. The van der Waals surface area contributed by atoms with Crippen molar-refractivity contribution in [1.29, 1.82) is 0 Å². The van der Waals surface area contributed by atoms with E-state index in [1.54, 1.807) is 0 Å². The number of ketones is 1. The highest BCUT2D eigenvalue weighted by molar-refractivity contribution is 6.10. The van der Waals surface area contributed by atoms with Gasteiger partial charge in [0.05, 0.1) is 0 Å². The third kappa shape index (κ3) is 2.73. The summed E-state index contributed by atoms with van der Waals surface area (Å²) in [5.74, 6) is 0.110. The van der Waals surface area contributed by atoms with Gasteiger partial charge in [-0.05, 0) is 36.6 Å². The molecule has 1 nitrogen and oxygen atoms in total. The van der Waals surface area contributed by atoms with Gasteiger partial charge in [-0.15, -0.1) is 0 Å². The van der Waals surface area contributed by atoms with Crippen LogP contribution in [0.25, 0.3) is 0 Å². The van der Waals surface area contributed by atoms with Gasteiger partial charge in [0.15, 0.2) is 5.78 Å². The van der Waals surface area contributed by atoms with Crippen LogP contribution >= 0.6 is 0 Å². The Morgan fingerprint density at radius 3 is 1.83 bits per heavy atom. The zero-order valence-corrected chi connectivity index (χ0v) is 15.5. The largest absolute Gasteiger partial charge is 0.289 e. The molecule has 0 aliphatic heterocycles. The highest BCUT2D eigenvalue weighted by Crippen LogP contribution is 2.42. The van der Waals surface area contributed by atoms with Gasteiger partial charge in [0.2, 0.25) is 0 Å². The van der Waals surface area contributed by atoms with Gasteiger partial charge >= 0.3 is 0 Å². The molecule has 0 atom stereocenters. The SMILES string of the molecule is Cc1ccc(C(=O)c2cc3c(cc2C)C(C)(C)C=CC3(C)C)cc1. The van der Waals surface area contributed by atoms with Crippen LogP contribution in [0.15, 0.2) is 48.6 Å². The smallest absolute Gasteiger partial charge is 0.193 e. The van der Waals surface area contributed by atoms with Crippen molar-refractivity contribution in [2.45, 2.75) is 52.4 Å². The van der Waals surface area contributed by atoms with Gasteiger partial charge in [-0.25, -0.2) is 0 Å². The third-order valence-electron chi connectivity index (χ3n) is 5.23. The minimum atomic E-state index is -0.0547. The van der Waals surface area contributed by atoms with Gasteiger partial charge in [0.1, 0.15) is 0 Å². The second kappa shape index (κ2) is 5.44. The Kier molecular flexibility index (Phi) is 3.79. The van der Waals surface area contributed by atoms with Crippen molar-refractivity contribution in [2.24, 2.45) is 0 Å². The summed E-state index contributed by atoms with van der Waals surface area (Å²) < 4.78 is 0. The molecule has 0 N–H and O–H groups in total. The number of aryl methyl sites for hydroxylation is 2. The molecule has 0 unspecified atom stereocenters. The third-order valence-corrected chi connectivity index (χ3v) is 5.23. The van der Waals surface area contributed by atoms with Crippen LogP contribution in [0, 0.1) is 13.8 Å². The fourth-order valence-corrected chi connectivity index (χ4v) is 3.48. The van der Waals surface area contributed by atoms with Crippen LogP contribution in [-0.2, 0) is 10.8 Å². The molecule has 24 heavy (non-hydrogen) atoms. The Morgan fingerprint density at radius 2 is 1.29 bits per heavy atom. The van der Waals surface area contributed by atoms with Gasteiger partial charge in [-0.3, -0.25) is 4.79 Å². The second-order valence-electron chi connectivity index (χ2n) is 8.18. The Morgan fingerprint density at radius 1 is 0.792 bits per heavy atom. The lowest BCUT2D eigenvalue weighted by molar-refractivity contribution is 0.103. The minimum Gasteiger partial charge on any atom is -0.289 e. The summed E-state index contributed by atoms with van der Waals surface area (Å²) in [5, 5.41) is 0. The van der Waals surface area contributed by atoms with Crippen LogP contribution in [0.1, 0.15) is 65.9 Å². The molecule has 0 bridgehead atoms. The minimum absolute atomic E-state index is 0.00104. The molecule has 0 amide bonds. The van der Waals surface area contributed by atoms with Crippen LogP contribution < -0.4 is 0 Å². The van der Waals surface area contributed by atoms with E-state index < -0.39 is 0 Å². The van der Waals surface area contributed by atoms with Crippen LogP contribution in [0.2, 0.25) is 0 Å². The first-order chi connectivity index (χ1) is 11.1. The van der Waals surface area contributed by atoms with E-state index in [0.717, 1.165) is 16.7 Å². The number of carbonyl (C=O) groups is 1. The molecule has 0 spiro atoms. The van der Waals surface area contributed by atoms with Crippen LogP contribution in [0.3, 0.4) is 0 Å². The molecular formula is C23H26O. The summed E-state index contributed by atoms with van der Waals surface area (Å²) in [6.45, 7) is 13.0. The van der Waals surface area contributed by atoms with E-state index in [0.29, 0.717) is 0 Å². The predicted octanol–water partition coefficient (Wildman–Crippen LogP) is 5.66. The molecule has 0 saturated carbocycles. The zero-order valence-electron chi connectivity index (χ0n) is 15.5. The van der Waals surface area contributed by atoms with E-state index in [2.05, 4.69) is 52.0 Å². The standard InChI is InChI=1S/C23H26O/c1-15-7-9-17(10-8-15)21(24)18-14-20-19(13-16(18)2)22(3,4)11-12-23(20,5)6/h7-14H,1-6H3. The number of hydrogen-bond donors (Lipinski definition) is 0. The van der Waals surface area contributed by atoms with E-state index in [9.17, 15) is 4.79 Å². The van der Waals surface area contributed by atoms with Crippen molar-refractivity contribution in [3.8, 4) is 0 Å². The highest BCUT2D eigenvalue weighted by Gasteiger charge is 2.33. The monoisotopic (exact) mass is 318 g/mol. The quantitative estimate of drug-likeness (QED) is 0.516. The Balaban J connectivity index is 2.15. The summed E-state index contributed by atoms with van der Waals surface area (Å²) in [5.41, 5.74) is 6.33. The van der Waals surface area contributed by atoms with Crippen LogP contribution in [-0.4, -0.2) is 5.78 Å². The average Bonchev–Trinajstić information content (AvgIpc) is 2.52. The number of fused-ring (bicyclic) bond motifs is 1.